The first-order chi connectivity index (χ1) is 9.61. The van der Waals surface area contributed by atoms with Crippen LogP contribution in [0.4, 0.5) is 4.39 Å². The van der Waals surface area contributed by atoms with Gasteiger partial charge in [0.1, 0.15) is 11.6 Å². The summed E-state index contributed by atoms with van der Waals surface area (Å²) >= 11 is 3.39. The molecule has 5 heteroatoms. The largest absolute Gasteiger partial charge is 0.337 e. The highest BCUT2D eigenvalue weighted by Gasteiger charge is 2.17. The van der Waals surface area contributed by atoms with Gasteiger partial charge in [0, 0.05) is 23.9 Å². The number of rotatable bonds is 6. The molecule has 0 saturated carbocycles. The molecule has 1 heterocycles. The smallest absolute Gasteiger partial charge is 0.126 e. The van der Waals surface area contributed by atoms with Crippen molar-refractivity contribution in [3.05, 3.63) is 52.3 Å². The van der Waals surface area contributed by atoms with Gasteiger partial charge >= 0.3 is 0 Å². The predicted octanol–water partition coefficient (Wildman–Crippen LogP) is 3.61. The van der Waals surface area contributed by atoms with E-state index in [2.05, 4.69) is 33.2 Å². The molecule has 2 rings (SSSR count). The van der Waals surface area contributed by atoms with E-state index >= 15 is 0 Å². The van der Waals surface area contributed by atoms with Gasteiger partial charge in [-0.25, -0.2) is 9.37 Å². The summed E-state index contributed by atoms with van der Waals surface area (Å²) in [6.07, 6.45) is 5.29. The third-order valence-electron chi connectivity index (χ3n) is 3.24. The van der Waals surface area contributed by atoms with Gasteiger partial charge in [0.25, 0.3) is 0 Å². The van der Waals surface area contributed by atoms with E-state index in [1.54, 1.807) is 12.3 Å². The average molecular weight is 340 g/mol. The summed E-state index contributed by atoms with van der Waals surface area (Å²) in [5.41, 5.74) is 0.691. The van der Waals surface area contributed by atoms with Crippen LogP contribution in [0, 0.1) is 5.82 Å². The molecule has 0 radical (unpaired) electrons. The lowest BCUT2D eigenvalue weighted by molar-refractivity contribution is 0.480. The van der Waals surface area contributed by atoms with E-state index in [0.717, 1.165) is 23.3 Å². The second kappa shape index (κ2) is 6.99. The fourth-order valence-electron chi connectivity index (χ4n) is 2.21. The molecule has 1 aromatic carbocycles. The molecule has 1 atom stereocenters. The van der Waals surface area contributed by atoms with E-state index in [-0.39, 0.29) is 11.9 Å². The second-order valence-electron chi connectivity index (χ2n) is 4.84. The summed E-state index contributed by atoms with van der Waals surface area (Å²) < 4.78 is 16.8. The molecule has 1 N–H and O–H groups in total. The molecule has 0 aliphatic carbocycles. The number of hydrogen-bond acceptors (Lipinski definition) is 2. The lowest BCUT2D eigenvalue weighted by Gasteiger charge is -2.19. The highest BCUT2D eigenvalue weighted by molar-refractivity contribution is 9.10. The van der Waals surface area contributed by atoms with Crippen LogP contribution in [0.15, 0.2) is 35.1 Å². The molecule has 0 aliphatic heterocycles. The number of nitrogens with one attached hydrogen (secondary N) is 1. The van der Waals surface area contributed by atoms with Crippen molar-refractivity contribution in [1.82, 2.24) is 14.9 Å². The van der Waals surface area contributed by atoms with Gasteiger partial charge in [0.05, 0.1) is 6.04 Å². The number of benzene rings is 1. The fraction of sp³-hybridized carbons (Fsp3) is 0.400. The summed E-state index contributed by atoms with van der Waals surface area (Å²) in [6, 6.07) is 5.06. The van der Waals surface area contributed by atoms with Crippen molar-refractivity contribution >= 4 is 15.9 Å². The zero-order valence-electron chi connectivity index (χ0n) is 11.7. The molecule has 2 aromatic rings. The third-order valence-corrected chi connectivity index (χ3v) is 3.74. The van der Waals surface area contributed by atoms with Crippen LogP contribution in [0.3, 0.4) is 0 Å². The van der Waals surface area contributed by atoms with E-state index < -0.39 is 0 Å². The minimum atomic E-state index is -0.175. The Kier molecular flexibility index (Phi) is 5.31. The van der Waals surface area contributed by atoms with Crippen LogP contribution in [0.1, 0.15) is 30.8 Å². The highest BCUT2D eigenvalue weighted by Crippen LogP contribution is 2.22. The molecule has 1 unspecified atom stereocenters. The number of halogens is 2. The van der Waals surface area contributed by atoms with Gasteiger partial charge in [0.2, 0.25) is 0 Å². The van der Waals surface area contributed by atoms with Crippen LogP contribution >= 0.6 is 15.9 Å². The Labute approximate surface area is 127 Å². The number of aryl methyl sites for hydroxylation is 1. The first-order valence-electron chi connectivity index (χ1n) is 6.76. The molecule has 108 valence electrons. The first kappa shape index (κ1) is 15.2. The Bertz CT molecular complexity index is 568. The van der Waals surface area contributed by atoms with Crippen LogP contribution < -0.4 is 5.32 Å². The number of nitrogens with zero attached hydrogens (tertiary/aromatic N) is 2. The Hall–Kier alpha value is -1.20. The molecule has 0 spiro atoms. The van der Waals surface area contributed by atoms with Crippen molar-refractivity contribution in [3.63, 3.8) is 0 Å². The van der Waals surface area contributed by atoms with Crippen LogP contribution in [0.2, 0.25) is 0 Å². The minimum absolute atomic E-state index is 0.0127. The average Bonchev–Trinajstić information content (AvgIpc) is 2.84. The minimum Gasteiger partial charge on any atom is -0.337 e. The maximum Gasteiger partial charge on any atom is 0.126 e. The number of imidazole rings is 1. The molecule has 20 heavy (non-hydrogen) atoms. The molecular formula is C15H19BrFN3. The molecule has 3 nitrogen and oxygen atoms in total. The Morgan fingerprint density at radius 2 is 2.25 bits per heavy atom. The molecule has 0 fully saturated rings. The molecule has 0 amide bonds. The fourth-order valence-corrected chi connectivity index (χ4v) is 2.61. The summed E-state index contributed by atoms with van der Waals surface area (Å²) in [7, 11) is 1.96. The first-order valence-corrected chi connectivity index (χ1v) is 7.55. The maximum atomic E-state index is 13.9. The molecule has 0 bridgehead atoms. The predicted molar refractivity (Wildman–Crippen MR) is 82.0 cm³/mol. The van der Waals surface area contributed by atoms with Gasteiger partial charge < -0.3 is 9.88 Å². The Morgan fingerprint density at radius 3 is 2.90 bits per heavy atom. The van der Waals surface area contributed by atoms with Gasteiger partial charge in [-0.1, -0.05) is 22.9 Å². The van der Waals surface area contributed by atoms with Crippen molar-refractivity contribution in [3.8, 4) is 0 Å². The monoisotopic (exact) mass is 339 g/mol. The van der Waals surface area contributed by atoms with Crippen LogP contribution in [0.5, 0.6) is 0 Å². The highest BCUT2D eigenvalue weighted by atomic mass is 79.9. The van der Waals surface area contributed by atoms with Gasteiger partial charge in [-0.05, 0) is 43.1 Å². The summed E-state index contributed by atoms with van der Waals surface area (Å²) in [5.74, 6) is 0.753. The second-order valence-corrected chi connectivity index (χ2v) is 5.76. The number of aromatic nitrogens is 2. The lowest BCUT2D eigenvalue weighted by atomic mass is 10.0. The third kappa shape index (κ3) is 3.67. The zero-order valence-corrected chi connectivity index (χ0v) is 13.3. The SMILES string of the molecule is CCCNC(Cc1cc(Br)ccc1F)c1nccn1C. The Balaban J connectivity index is 2.23. The lowest BCUT2D eigenvalue weighted by Crippen LogP contribution is -2.27. The van der Waals surface area contributed by atoms with E-state index in [9.17, 15) is 4.39 Å². The van der Waals surface area contributed by atoms with Gasteiger partial charge in [-0.15, -0.1) is 0 Å². The van der Waals surface area contributed by atoms with Crippen LogP contribution in [0.25, 0.3) is 0 Å². The van der Waals surface area contributed by atoms with Crippen LogP contribution in [-0.4, -0.2) is 16.1 Å². The normalized spacial score (nSPS) is 12.6. The number of hydrogen-bond donors (Lipinski definition) is 1. The van der Waals surface area contributed by atoms with Gasteiger partial charge in [-0.2, -0.15) is 0 Å². The summed E-state index contributed by atoms with van der Waals surface area (Å²) in [6.45, 7) is 3.00. The van der Waals surface area contributed by atoms with Crippen molar-refractivity contribution in [2.24, 2.45) is 7.05 Å². The Morgan fingerprint density at radius 1 is 1.45 bits per heavy atom. The molecule has 0 aliphatic rings. The van der Waals surface area contributed by atoms with Crippen LogP contribution in [-0.2, 0) is 13.5 Å². The molecule has 1 aromatic heterocycles. The zero-order chi connectivity index (χ0) is 14.5. The van der Waals surface area contributed by atoms with Gasteiger partial charge in [0.15, 0.2) is 0 Å². The standard InChI is InChI=1S/C15H19BrFN3/c1-3-6-18-14(15-19-7-8-20(15)2)10-11-9-12(16)4-5-13(11)17/h4-5,7-9,14,18H,3,6,10H2,1-2H3. The maximum absolute atomic E-state index is 13.9. The van der Waals surface area contributed by atoms with Crippen molar-refractivity contribution in [2.45, 2.75) is 25.8 Å². The van der Waals surface area contributed by atoms with E-state index in [4.69, 9.17) is 0 Å². The van der Waals surface area contributed by atoms with E-state index in [1.807, 2.05) is 23.9 Å². The topological polar surface area (TPSA) is 29.9 Å². The van der Waals surface area contributed by atoms with Gasteiger partial charge in [-0.3, -0.25) is 0 Å². The van der Waals surface area contributed by atoms with E-state index in [1.165, 1.54) is 6.07 Å². The van der Waals surface area contributed by atoms with E-state index in [0.29, 0.717) is 12.0 Å². The summed E-state index contributed by atoms with van der Waals surface area (Å²) in [5, 5.41) is 3.44. The molecule has 0 saturated heterocycles. The van der Waals surface area contributed by atoms with Crippen molar-refractivity contribution in [2.75, 3.05) is 6.54 Å². The van der Waals surface area contributed by atoms with Crippen molar-refractivity contribution < 1.29 is 4.39 Å². The molecular weight excluding hydrogens is 321 g/mol. The summed E-state index contributed by atoms with van der Waals surface area (Å²) in [4.78, 5) is 4.38. The van der Waals surface area contributed by atoms with Crippen molar-refractivity contribution in [1.29, 1.82) is 0 Å². The quantitative estimate of drug-likeness (QED) is 0.871.